The zero-order chi connectivity index (χ0) is 17.1. The van der Waals surface area contributed by atoms with Crippen LogP contribution in [-0.4, -0.2) is 29.0 Å². The summed E-state index contributed by atoms with van der Waals surface area (Å²) in [6.07, 6.45) is 0. The highest BCUT2D eigenvalue weighted by Crippen LogP contribution is 2.32. The molecule has 1 aromatic rings. The van der Waals surface area contributed by atoms with Gasteiger partial charge in [0.2, 0.25) is 0 Å². The highest BCUT2D eigenvalue weighted by atomic mass is 35.5. The molecular formula is C16H19Cl2N3OS. The first-order chi connectivity index (χ1) is 10.9. The normalized spacial score (nSPS) is 17.6. The molecule has 0 bridgehead atoms. The lowest BCUT2D eigenvalue weighted by molar-refractivity contribution is -0.127. The molecule has 0 aliphatic carbocycles. The highest BCUT2D eigenvalue weighted by Gasteiger charge is 2.32. The first-order valence-corrected chi connectivity index (χ1v) is 8.57. The number of allylic oxidation sites excluding steroid dienone is 1. The van der Waals surface area contributed by atoms with E-state index >= 15 is 0 Å². The number of carbonyl (C=O) groups is 1. The minimum Gasteiger partial charge on any atom is -0.351 e. The number of carbonyl (C=O) groups excluding carboxylic acids is 1. The van der Waals surface area contributed by atoms with Crippen molar-refractivity contribution < 1.29 is 4.79 Å². The van der Waals surface area contributed by atoms with E-state index in [2.05, 4.69) is 10.6 Å². The Morgan fingerprint density at radius 2 is 1.91 bits per heavy atom. The lowest BCUT2D eigenvalue weighted by Crippen LogP contribution is -2.47. The van der Waals surface area contributed by atoms with Gasteiger partial charge in [0.05, 0.1) is 21.7 Å². The fourth-order valence-corrected chi connectivity index (χ4v) is 3.18. The van der Waals surface area contributed by atoms with Gasteiger partial charge in [0, 0.05) is 18.8 Å². The van der Waals surface area contributed by atoms with Crippen molar-refractivity contribution in [2.24, 2.45) is 0 Å². The number of amides is 1. The molecule has 0 saturated carbocycles. The predicted octanol–water partition coefficient (Wildman–Crippen LogP) is 3.65. The van der Waals surface area contributed by atoms with Gasteiger partial charge < -0.3 is 15.5 Å². The summed E-state index contributed by atoms with van der Waals surface area (Å²) in [4.78, 5) is 14.7. The van der Waals surface area contributed by atoms with Crippen molar-refractivity contribution in [2.45, 2.75) is 26.8 Å². The van der Waals surface area contributed by atoms with E-state index < -0.39 is 0 Å². The number of hydrogen-bond donors (Lipinski definition) is 2. The van der Waals surface area contributed by atoms with Gasteiger partial charge in [-0.05, 0) is 50.7 Å². The van der Waals surface area contributed by atoms with Gasteiger partial charge in [-0.1, -0.05) is 29.3 Å². The third-order valence-electron chi connectivity index (χ3n) is 3.83. The van der Waals surface area contributed by atoms with Gasteiger partial charge in [-0.15, -0.1) is 0 Å². The molecule has 1 heterocycles. The molecule has 0 fully saturated rings. The number of benzene rings is 1. The van der Waals surface area contributed by atoms with Gasteiger partial charge in [-0.3, -0.25) is 4.79 Å². The number of nitrogens with zero attached hydrogens (tertiary/aromatic N) is 1. The first-order valence-electron chi connectivity index (χ1n) is 7.41. The maximum absolute atomic E-state index is 12.9. The van der Waals surface area contributed by atoms with Crippen molar-refractivity contribution in [1.82, 2.24) is 15.5 Å². The quantitative estimate of drug-likeness (QED) is 0.792. The Balaban J connectivity index is 2.49. The lowest BCUT2D eigenvalue weighted by Gasteiger charge is -2.33. The Hall–Kier alpha value is -1.30. The van der Waals surface area contributed by atoms with E-state index in [9.17, 15) is 4.79 Å². The van der Waals surface area contributed by atoms with Gasteiger partial charge in [0.15, 0.2) is 5.11 Å². The molecule has 1 amide bonds. The van der Waals surface area contributed by atoms with Crippen molar-refractivity contribution in [3.05, 3.63) is 45.1 Å². The van der Waals surface area contributed by atoms with Crippen LogP contribution in [0.25, 0.3) is 0 Å². The molecule has 1 aromatic carbocycles. The van der Waals surface area contributed by atoms with Gasteiger partial charge in [-0.2, -0.15) is 0 Å². The van der Waals surface area contributed by atoms with Crippen molar-refractivity contribution in [1.29, 1.82) is 0 Å². The lowest BCUT2D eigenvalue weighted by atomic mass is 9.94. The average Bonchev–Trinajstić information content (AvgIpc) is 2.50. The molecule has 0 radical (unpaired) electrons. The van der Waals surface area contributed by atoms with Crippen molar-refractivity contribution in [3.63, 3.8) is 0 Å². The molecule has 2 N–H and O–H groups in total. The van der Waals surface area contributed by atoms with E-state index in [0.717, 1.165) is 11.3 Å². The molecule has 7 heteroatoms. The van der Waals surface area contributed by atoms with Crippen LogP contribution in [0.15, 0.2) is 29.5 Å². The Bertz CT molecular complexity index is 671. The monoisotopic (exact) mass is 371 g/mol. The third kappa shape index (κ3) is 3.79. The number of likely N-dealkylation sites (N-methyl/N-ethyl adjacent to an activating group) is 1. The number of halogens is 2. The summed E-state index contributed by atoms with van der Waals surface area (Å²) < 4.78 is 0. The minimum absolute atomic E-state index is 0.0222. The summed E-state index contributed by atoms with van der Waals surface area (Å²) in [5.74, 6) is -0.0222. The fourth-order valence-electron chi connectivity index (χ4n) is 2.60. The predicted molar refractivity (Wildman–Crippen MR) is 98.7 cm³/mol. The Kier molecular flexibility index (Phi) is 5.89. The molecule has 4 nitrogen and oxygen atoms in total. The van der Waals surface area contributed by atoms with Crippen molar-refractivity contribution >= 4 is 46.4 Å². The maximum Gasteiger partial charge on any atom is 0.253 e. The van der Waals surface area contributed by atoms with Gasteiger partial charge >= 0.3 is 0 Å². The summed E-state index contributed by atoms with van der Waals surface area (Å²) in [6, 6.07) is 4.98. The summed E-state index contributed by atoms with van der Waals surface area (Å²) in [6.45, 7) is 7.06. The largest absolute Gasteiger partial charge is 0.351 e. The Morgan fingerprint density at radius 1 is 1.26 bits per heavy atom. The zero-order valence-electron chi connectivity index (χ0n) is 13.2. The van der Waals surface area contributed by atoms with Crippen LogP contribution in [0, 0.1) is 0 Å². The van der Waals surface area contributed by atoms with Crippen LogP contribution in [0.3, 0.4) is 0 Å². The average molecular weight is 372 g/mol. The standard InChI is InChI=1S/C16H19Cl2N3OS/c1-4-21(5-2)15(22)13-9(3)19-16(23)20-14(13)10-6-7-11(17)12(18)8-10/h6-8,14H,4-5H2,1-3H3,(H2,19,20,23)/t14-/m0/s1. The van der Waals surface area contributed by atoms with Crippen LogP contribution in [0.4, 0.5) is 0 Å². The molecule has 1 aliphatic heterocycles. The van der Waals surface area contributed by atoms with E-state index in [4.69, 9.17) is 35.4 Å². The van der Waals surface area contributed by atoms with Crippen LogP contribution in [-0.2, 0) is 4.79 Å². The summed E-state index contributed by atoms with van der Waals surface area (Å²) in [7, 11) is 0. The molecule has 0 spiro atoms. The summed E-state index contributed by atoms with van der Waals surface area (Å²) in [5.41, 5.74) is 2.24. The molecule has 0 saturated heterocycles. The van der Waals surface area contributed by atoms with Crippen LogP contribution in [0.2, 0.25) is 10.0 Å². The Labute approximate surface area is 151 Å². The molecular weight excluding hydrogens is 353 g/mol. The number of rotatable bonds is 4. The second kappa shape index (κ2) is 7.51. The molecule has 0 unspecified atom stereocenters. The van der Waals surface area contributed by atoms with Crippen LogP contribution >= 0.6 is 35.4 Å². The van der Waals surface area contributed by atoms with Crippen LogP contribution in [0.1, 0.15) is 32.4 Å². The van der Waals surface area contributed by atoms with Crippen molar-refractivity contribution in [2.75, 3.05) is 13.1 Å². The smallest absolute Gasteiger partial charge is 0.253 e. The molecule has 1 atom stereocenters. The van der Waals surface area contributed by atoms with Crippen LogP contribution in [0.5, 0.6) is 0 Å². The minimum atomic E-state index is -0.355. The van der Waals surface area contributed by atoms with E-state index in [1.807, 2.05) is 26.8 Å². The van der Waals surface area contributed by atoms with Crippen molar-refractivity contribution in [3.8, 4) is 0 Å². The second-order valence-electron chi connectivity index (χ2n) is 5.22. The molecule has 1 aliphatic rings. The molecule has 2 rings (SSSR count). The molecule has 23 heavy (non-hydrogen) atoms. The van der Waals surface area contributed by atoms with Gasteiger partial charge in [-0.25, -0.2) is 0 Å². The van der Waals surface area contributed by atoms with E-state index in [1.165, 1.54) is 0 Å². The van der Waals surface area contributed by atoms with Gasteiger partial charge in [0.1, 0.15) is 0 Å². The van der Waals surface area contributed by atoms with Gasteiger partial charge in [0.25, 0.3) is 5.91 Å². The summed E-state index contributed by atoms with van der Waals surface area (Å²) in [5, 5.41) is 7.59. The Morgan fingerprint density at radius 3 is 2.48 bits per heavy atom. The first kappa shape index (κ1) is 18.0. The number of hydrogen-bond acceptors (Lipinski definition) is 2. The fraction of sp³-hybridized carbons (Fsp3) is 0.375. The van der Waals surface area contributed by atoms with E-state index in [-0.39, 0.29) is 11.9 Å². The maximum atomic E-state index is 12.9. The van der Waals surface area contributed by atoms with E-state index in [1.54, 1.807) is 17.0 Å². The topological polar surface area (TPSA) is 44.4 Å². The summed E-state index contributed by atoms with van der Waals surface area (Å²) >= 11 is 17.4. The third-order valence-corrected chi connectivity index (χ3v) is 4.79. The second-order valence-corrected chi connectivity index (χ2v) is 6.44. The molecule has 124 valence electrons. The highest BCUT2D eigenvalue weighted by molar-refractivity contribution is 7.80. The van der Waals surface area contributed by atoms with Crippen LogP contribution < -0.4 is 10.6 Å². The molecule has 0 aromatic heterocycles. The number of nitrogens with one attached hydrogen (secondary N) is 2. The SMILES string of the molecule is CCN(CC)C(=O)C1=C(C)NC(=S)N[C@H]1c1ccc(Cl)c(Cl)c1. The number of thiocarbonyl (C=S) groups is 1. The zero-order valence-corrected chi connectivity index (χ0v) is 15.6. The van der Waals surface area contributed by atoms with E-state index in [0.29, 0.717) is 33.8 Å².